The Kier molecular flexibility index (Phi) is 4.86. The van der Waals surface area contributed by atoms with E-state index in [1.807, 2.05) is 18.3 Å². The summed E-state index contributed by atoms with van der Waals surface area (Å²) >= 11 is 11.9. The van der Waals surface area contributed by atoms with Crippen molar-refractivity contribution in [3.63, 3.8) is 0 Å². The zero-order valence-corrected chi connectivity index (χ0v) is 12.5. The van der Waals surface area contributed by atoms with Crippen LogP contribution in [0.3, 0.4) is 0 Å². The molecule has 1 aromatic heterocycles. The number of halogens is 2. The van der Waals surface area contributed by atoms with Crippen molar-refractivity contribution in [1.82, 2.24) is 15.3 Å². The van der Waals surface area contributed by atoms with E-state index in [1.54, 1.807) is 6.07 Å². The Morgan fingerprint density at radius 3 is 2.74 bits per heavy atom. The van der Waals surface area contributed by atoms with Crippen molar-refractivity contribution in [3.05, 3.63) is 40.3 Å². The third kappa shape index (κ3) is 3.96. The molecule has 2 aromatic rings. The van der Waals surface area contributed by atoms with E-state index in [-0.39, 0.29) is 0 Å². The summed E-state index contributed by atoms with van der Waals surface area (Å²) in [5.41, 5.74) is 1.95. The van der Waals surface area contributed by atoms with E-state index in [0.29, 0.717) is 16.1 Å². The number of hydrogen-bond donors (Lipinski definition) is 2. The van der Waals surface area contributed by atoms with E-state index in [1.165, 1.54) is 0 Å². The van der Waals surface area contributed by atoms with E-state index < -0.39 is 0 Å². The average Bonchev–Trinajstić information content (AvgIpc) is 2.81. The highest BCUT2D eigenvalue weighted by Gasteiger charge is 2.06. The van der Waals surface area contributed by atoms with Gasteiger partial charge in [-0.1, -0.05) is 43.1 Å². The van der Waals surface area contributed by atoms with Crippen LogP contribution in [0.15, 0.2) is 24.4 Å². The first-order chi connectivity index (χ1) is 9.06. The van der Waals surface area contributed by atoms with Gasteiger partial charge in [0.25, 0.3) is 0 Å². The maximum Gasteiger partial charge on any atom is 0.107 e. The van der Waals surface area contributed by atoms with Gasteiger partial charge in [-0.25, -0.2) is 4.98 Å². The van der Waals surface area contributed by atoms with Gasteiger partial charge in [-0.2, -0.15) is 0 Å². The summed E-state index contributed by atoms with van der Waals surface area (Å²) in [5, 5.41) is 4.47. The molecule has 1 aromatic carbocycles. The quantitative estimate of drug-likeness (QED) is 0.878. The van der Waals surface area contributed by atoms with Gasteiger partial charge in [0, 0.05) is 24.6 Å². The van der Waals surface area contributed by atoms with Crippen LogP contribution in [0.5, 0.6) is 0 Å². The Morgan fingerprint density at radius 1 is 1.26 bits per heavy atom. The molecule has 0 unspecified atom stereocenters. The van der Waals surface area contributed by atoms with Crippen molar-refractivity contribution in [2.45, 2.75) is 26.3 Å². The monoisotopic (exact) mass is 297 g/mol. The van der Waals surface area contributed by atoms with Crippen LogP contribution in [0.2, 0.25) is 10.0 Å². The summed E-state index contributed by atoms with van der Waals surface area (Å²) in [6.07, 6.45) is 2.70. The van der Waals surface area contributed by atoms with Crippen LogP contribution < -0.4 is 5.32 Å². The summed E-state index contributed by atoms with van der Waals surface area (Å²) in [6.45, 7) is 5.17. The lowest BCUT2D eigenvalue weighted by atomic mass is 10.2. The summed E-state index contributed by atoms with van der Waals surface area (Å²) < 4.78 is 0. The number of H-pyrrole nitrogens is 1. The fourth-order valence-corrected chi connectivity index (χ4v) is 2.08. The van der Waals surface area contributed by atoms with Crippen molar-refractivity contribution in [1.29, 1.82) is 0 Å². The molecule has 0 saturated heterocycles. The largest absolute Gasteiger partial charge is 0.342 e. The molecule has 0 aliphatic rings. The lowest BCUT2D eigenvalue weighted by Gasteiger charge is -2.05. The molecule has 0 amide bonds. The summed E-state index contributed by atoms with van der Waals surface area (Å²) in [6, 6.07) is 6.05. The van der Waals surface area contributed by atoms with Crippen LogP contribution in [0, 0.1) is 0 Å². The zero-order chi connectivity index (χ0) is 13.8. The maximum absolute atomic E-state index is 6.01. The molecule has 0 atom stereocenters. The lowest BCUT2D eigenvalue weighted by molar-refractivity contribution is 0.584. The molecule has 0 saturated carbocycles. The van der Waals surface area contributed by atoms with Gasteiger partial charge in [0.15, 0.2) is 0 Å². The molecule has 0 spiro atoms. The molecule has 3 nitrogen and oxygen atoms in total. The van der Waals surface area contributed by atoms with Crippen molar-refractivity contribution in [2.24, 2.45) is 0 Å². The molecule has 0 radical (unpaired) electrons. The van der Waals surface area contributed by atoms with Crippen LogP contribution in [0.1, 0.15) is 19.7 Å². The van der Waals surface area contributed by atoms with E-state index in [0.717, 1.165) is 30.0 Å². The number of hydrogen-bond acceptors (Lipinski definition) is 2. The number of aromatic amines is 1. The summed E-state index contributed by atoms with van der Waals surface area (Å²) in [5.74, 6) is 0.967. The molecular formula is C14H17Cl2N3. The standard InChI is InChI=1S/C14H17Cl2N3/c1-9(2)17-6-5-14-18-8-13(19-14)10-3-4-11(15)12(16)7-10/h3-4,7-9,17H,5-6H2,1-2H3,(H,18,19). The number of rotatable bonds is 5. The summed E-state index contributed by atoms with van der Waals surface area (Å²) in [7, 11) is 0. The minimum Gasteiger partial charge on any atom is -0.342 e. The molecule has 0 bridgehead atoms. The Balaban J connectivity index is 2.05. The molecular weight excluding hydrogens is 281 g/mol. The molecule has 0 aliphatic heterocycles. The highest BCUT2D eigenvalue weighted by Crippen LogP contribution is 2.27. The molecule has 1 heterocycles. The average molecular weight is 298 g/mol. The number of benzene rings is 1. The van der Waals surface area contributed by atoms with Crippen molar-refractivity contribution in [3.8, 4) is 11.3 Å². The van der Waals surface area contributed by atoms with E-state index >= 15 is 0 Å². The van der Waals surface area contributed by atoms with Gasteiger partial charge in [-0.15, -0.1) is 0 Å². The topological polar surface area (TPSA) is 40.7 Å². The van der Waals surface area contributed by atoms with Gasteiger partial charge < -0.3 is 10.3 Å². The predicted molar refractivity (Wildman–Crippen MR) is 80.9 cm³/mol. The second-order valence-corrected chi connectivity index (χ2v) is 5.55. The molecule has 0 aliphatic carbocycles. The number of imidazole rings is 1. The van der Waals surface area contributed by atoms with Gasteiger partial charge >= 0.3 is 0 Å². The fourth-order valence-electron chi connectivity index (χ4n) is 1.78. The van der Waals surface area contributed by atoms with Crippen LogP contribution in [-0.4, -0.2) is 22.6 Å². The van der Waals surface area contributed by atoms with Gasteiger partial charge in [-0.05, 0) is 12.1 Å². The van der Waals surface area contributed by atoms with Gasteiger partial charge in [-0.3, -0.25) is 0 Å². The third-order valence-electron chi connectivity index (χ3n) is 2.77. The van der Waals surface area contributed by atoms with Crippen LogP contribution in [0.4, 0.5) is 0 Å². The van der Waals surface area contributed by atoms with Gasteiger partial charge in [0.1, 0.15) is 5.82 Å². The number of aromatic nitrogens is 2. The third-order valence-corrected chi connectivity index (χ3v) is 3.51. The summed E-state index contributed by atoms with van der Waals surface area (Å²) in [4.78, 5) is 7.67. The maximum atomic E-state index is 6.01. The van der Waals surface area contributed by atoms with E-state index in [4.69, 9.17) is 23.2 Å². The first-order valence-corrected chi connectivity index (χ1v) is 7.04. The second kappa shape index (κ2) is 6.42. The van der Waals surface area contributed by atoms with Crippen LogP contribution >= 0.6 is 23.2 Å². The fraction of sp³-hybridized carbons (Fsp3) is 0.357. The lowest BCUT2D eigenvalue weighted by Crippen LogP contribution is -2.25. The SMILES string of the molecule is CC(C)NCCc1ncc(-c2ccc(Cl)c(Cl)c2)[nH]1. The van der Waals surface area contributed by atoms with Crippen LogP contribution in [-0.2, 0) is 6.42 Å². The second-order valence-electron chi connectivity index (χ2n) is 4.73. The van der Waals surface area contributed by atoms with E-state index in [9.17, 15) is 0 Å². The normalized spacial score (nSPS) is 11.2. The molecule has 2 N–H and O–H groups in total. The van der Waals surface area contributed by atoms with Crippen molar-refractivity contribution < 1.29 is 0 Å². The van der Waals surface area contributed by atoms with Crippen LogP contribution in [0.25, 0.3) is 11.3 Å². The minimum atomic E-state index is 0.490. The Labute approximate surface area is 123 Å². The number of nitrogens with zero attached hydrogens (tertiary/aromatic N) is 1. The molecule has 2 rings (SSSR count). The predicted octanol–water partition coefficient (Wildman–Crippen LogP) is 3.92. The van der Waals surface area contributed by atoms with E-state index in [2.05, 4.69) is 29.1 Å². The molecule has 102 valence electrons. The zero-order valence-electron chi connectivity index (χ0n) is 11.0. The first-order valence-electron chi connectivity index (χ1n) is 6.29. The van der Waals surface area contributed by atoms with Gasteiger partial charge in [0.05, 0.1) is 21.9 Å². The highest BCUT2D eigenvalue weighted by atomic mass is 35.5. The Bertz CT molecular complexity index is 549. The molecule has 5 heteroatoms. The van der Waals surface area contributed by atoms with Crippen molar-refractivity contribution in [2.75, 3.05) is 6.54 Å². The minimum absolute atomic E-state index is 0.490. The van der Waals surface area contributed by atoms with Gasteiger partial charge in [0.2, 0.25) is 0 Å². The highest BCUT2D eigenvalue weighted by molar-refractivity contribution is 6.42. The molecule has 19 heavy (non-hydrogen) atoms. The number of nitrogens with one attached hydrogen (secondary N) is 2. The Morgan fingerprint density at radius 2 is 2.05 bits per heavy atom. The Hall–Kier alpha value is -1.03. The first kappa shape index (κ1) is 14.4. The smallest absolute Gasteiger partial charge is 0.107 e. The van der Waals surface area contributed by atoms with Crippen molar-refractivity contribution >= 4 is 23.2 Å². The molecule has 0 fully saturated rings.